The van der Waals surface area contributed by atoms with Crippen LogP contribution >= 0.6 is 11.6 Å². The first-order valence-electron chi connectivity index (χ1n) is 0.626. The molecule has 0 aromatic carbocycles. The first-order chi connectivity index (χ1) is 1.41. The first-order valence-corrected chi connectivity index (χ1v) is 1.06. The summed E-state index contributed by atoms with van der Waals surface area (Å²) >= 11 is 4.76. The van der Waals surface area contributed by atoms with Crippen molar-refractivity contribution in [3.05, 3.63) is 12.1 Å². The van der Waals surface area contributed by atoms with Crippen molar-refractivity contribution in [3.63, 3.8) is 0 Å². The van der Waals surface area contributed by atoms with Crippen molar-refractivity contribution in [1.82, 2.24) is 0 Å². The van der Waals surface area contributed by atoms with Gasteiger partial charge in [-0.1, -0.05) is 18.2 Å². The summed E-state index contributed by atoms with van der Waals surface area (Å²) in [6, 6.07) is 0. The summed E-state index contributed by atoms with van der Waals surface area (Å²) in [4.78, 5) is 0. The summed E-state index contributed by atoms with van der Waals surface area (Å²) in [5.41, 5.74) is 1.22. The van der Waals surface area contributed by atoms with E-state index in [0.717, 1.165) is 0 Å². The van der Waals surface area contributed by atoms with Gasteiger partial charge in [0.05, 0.1) is 0 Å². The Morgan fingerprint density at radius 3 is 1.75 bits per heavy atom. The van der Waals surface area contributed by atoms with Gasteiger partial charge in [0.25, 0.3) is 0 Å². The molecule has 0 saturated heterocycles. The summed E-state index contributed by atoms with van der Waals surface area (Å²) in [6.45, 7) is 3.13. The molecule has 0 atom stereocenters. The van der Waals surface area contributed by atoms with E-state index in [4.69, 9.17) is 11.6 Å². The van der Waals surface area contributed by atoms with Crippen LogP contribution in [0.2, 0.25) is 0 Å². The molecular weight excluding hydrogens is 66.4 g/mol. The van der Waals surface area contributed by atoms with Gasteiger partial charge in [-0.3, -0.25) is 0 Å². The molecule has 0 saturated carbocycles. The Bertz CT molecular complexity index is 13.5. The number of hydrogen-bond donors (Lipinski definition) is 0. The molecule has 0 fully saturated rings. The molecule has 0 heterocycles. The van der Waals surface area contributed by atoms with Crippen LogP contribution in [0.5, 0.6) is 0 Å². The summed E-state index contributed by atoms with van der Waals surface area (Å²) in [6.07, 6.45) is 0. The average Bonchev–Trinajstić information content (AvgIpc) is 0.918. The molecule has 0 N–H and O–H groups in total. The number of halogens is 1. The Labute approximate surface area is 43.0 Å². The second-order valence-electron chi connectivity index (χ2n) is 0.154. The SMILES string of the molecule is C=CCl.[Li+]. The second-order valence-corrected chi connectivity index (χ2v) is 0.463. The van der Waals surface area contributed by atoms with Gasteiger partial charge < -0.3 is 0 Å². The zero-order valence-corrected chi connectivity index (χ0v) is 3.42. The molecule has 4 heavy (non-hydrogen) atoms. The smallest absolute Gasteiger partial charge is 0.0936 e. The maximum absolute atomic E-state index is 4.76. The predicted octanol–water partition coefficient (Wildman–Crippen LogP) is -1.63. The van der Waals surface area contributed by atoms with Crippen molar-refractivity contribution in [2.24, 2.45) is 0 Å². The van der Waals surface area contributed by atoms with E-state index in [1.165, 1.54) is 5.54 Å². The Kier molecular flexibility index (Phi) is 20.8. The van der Waals surface area contributed by atoms with Crippen LogP contribution in [0.15, 0.2) is 12.1 Å². The fraction of sp³-hybridized carbons (Fsp3) is 0. The molecule has 0 aliphatic rings. The van der Waals surface area contributed by atoms with Gasteiger partial charge in [0.15, 0.2) is 0 Å². The third-order valence-electron chi connectivity index (χ3n) is 0. The molecule has 0 amide bonds. The van der Waals surface area contributed by atoms with Crippen LogP contribution < -0.4 is 18.9 Å². The molecule has 0 nitrogen and oxygen atoms in total. The third kappa shape index (κ3) is 17.7. The van der Waals surface area contributed by atoms with Crippen molar-refractivity contribution < 1.29 is 18.9 Å². The molecule has 0 radical (unpaired) electrons. The van der Waals surface area contributed by atoms with Crippen molar-refractivity contribution in [1.29, 1.82) is 0 Å². The molecule has 0 unspecified atom stereocenters. The molecule has 0 aliphatic carbocycles. The normalized spacial score (nSPS) is 3.25. The van der Waals surface area contributed by atoms with Crippen LogP contribution in [-0.2, 0) is 0 Å². The van der Waals surface area contributed by atoms with E-state index in [2.05, 4.69) is 6.58 Å². The molecule has 0 aromatic heterocycles. The Hall–Kier alpha value is 0.627. The van der Waals surface area contributed by atoms with Gasteiger partial charge >= 0.3 is 18.9 Å². The minimum absolute atomic E-state index is 0. The number of rotatable bonds is 0. The summed E-state index contributed by atoms with van der Waals surface area (Å²) in [5.74, 6) is 0. The molecular formula is C2H3ClLi+. The van der Waals surface area contributed by atoms with Gasteiger partial charge in [0, 0.05) is 0 Å². The molecule has 18 valence electrons. The van der Waals surface area contributed by atoms with Crippen LogP contribution in [0.4, 0.5) is 0 Å². The van der Waals surface area contributed by atoms with Crippen LogP contribution in [0.25, 0.3) is 0 Å². The fourth-order valence-corrected chi connectivity index (χ4v) is 0. The predicted molar refractivity (Wildman–Crippen MR) is 16.1 cm³/mol. The van der Waals surface area contributed by atoms with Crippen LogP contribution in [0.1, 0.15) is 0 Å². The van der Waals surface area contributed by atoms with Crippen LogP contribution in [-0.4, -0.2) is 0 Å². The van der Waals surface area contributed by atoms with Crippen molar-refractivity contribution in [2.45, 2.75) is 0 Å². The summed E-state index contributed by atoms with van der Waals surface area (Å²) < 4.78 is 0. The monoisotopic (exact) mass is 69.0 g/mol. The van der Waals surface area contributed by atoms with Crippen LogP contribution in [0, 0.1) is 0 Å². The average molecular weight is 69.4 g/mol. The molecule has 2 heteroatoms. The van der Waals surface area contributed by atoms with E-state index < -0.39 is 0 Å². The number of hydrogen-bond acceptors (Lipinski definition) is 0. The van der Waals surface area contributed by atoms with E-state index in [1.54, 1.807) is 0 Å². The molecule has 0 bridgehead atoms. The molecule has 0 rings (SSSR count). The zero-order chi connectivity index (χ0) is 2.71. The van der Waals surface area contributed by atoms with Gasteiger partial charge in [-0.15, -0.1) is 0 Å². The molecule has 0 aliphatic heterocycles. The standard InChI is InChI=1S/C2H3Cl.Li/c1-2-3;/h2H,1H2;/q;+1. The largest absolute Gasteiger partial charge is 1.00 e. The Morgan fingerprint density at radius 1 is 1.75 bits per heavy atom. The fourth-order valence-electron chi connectivity index (χ4n) is 0. The second kappa shape index (κ2) is 9.45. The van der Waals surface area contributed by atoms with E-state index >= 15 is 0 Å². The van der Waals surface area contributed by atoms with Gasteiger partial charge in [-0.25, -0.2) is 0 Å². The quantitative estimate of drug-likeness (QED) is 0.300. The maximum Gasteiger partial charge on any atom is 1.00 e. The Balaban J connectivity index is 0. The third-order valence-corrected chi connectivity index (χ3v) is 0. The van der Waals surface area contributed by atoms with E-state index in [1.807, 2.05) is 0 Å². The van der Waals surface area contributed by atoms with Gasteiger partial charge in [-0.05, 0) is 5.54 Å². The van der Waals surface area contributed by atoms with E-state index in [-0.39, 0.29) is 18.9 Å². The van der Waals surface area contributed by atoms with E-state index in [0.29, 0.717) is 0 Å². The zero-order valence-electron chi connectivity index (χ0n) is 2.66. The van der Waals surface area contributed by atoms with Crippen LogP contribution in [0.3, 0.4) is 0 Å². The minimum atomic E-state index is 0. The van der Waals surface area contributed by atoms with Gasteiger partial charge in [-0.2, -0.15) is 0 Å². The maximum atomic E-state index is 4.76. The molecule has 0 spiro atoms. The Morgan fingerprint density at radius 2 is 1.75 bits per heavy atom. The summed E-state index contributed by atoms with van der Waals surface area (Å²) in [5, 5.41) is 0. The van der Waals surface area contributed by atoms with Gasteiger partial charge in [0.1, 0.15) is 0 Å². The summed E-state index contributed by atoms with van der Waals surface area (Å²) in [7, 11) is 0. The minimum Gasteiger partial charge on any atom is -0.0936 e. The van der Waals surface area contributed by atoms with Crippen molar-refractivity contribution in [2.75, 3.05) is 0 Å². The first kappa shape index (κ1) is 8.82. The van der Waals surface area contributed by atoms with Crippen molar-refractivity contribution in [3.8, 4) is 0 Å². The van der Waals surface area contributed by atoms with E-state index in [9.17, 15) is 0 Å². The van der Waals surface area contributed by atoms with Gasteiger partial charge in [0.2, 0.25) is 0 Å². The molecule has 0 aromatic rings. The van der Waals surface area contributed by atoms with Crippen molar-refractivity contribution >= 4 is 11.6 Å². The topological polar surface area (TPSA) is 0 Å².